The SMILES string of the molecule is Nc1cccc(CCC(=O)N2CCC3(CC2)OCCO3)c1. The fraction of sp³-hybridized carbons (Fsp3) is 0.562. The molecule has 2 saturated heterocycles. The molecule has 0 bridgehead atoms. The lowest BCUT2D eigenvalue weighted by Gasteiger charge is -2.37. The zero-order valence-electron chi connectivity index (χ0n) is 12.2. The highest BCUT2D eigenvalue weighted by molar-refractivity contribution is 5.76. The molecule has 0 unspecified atom stereocenters. The van der Waals surface area contributed by atoms with Crippen LogP contribution in [0, 0.1) is 0 Å². The number of ether oxygens (including phenoxy) is 2. The first-order valence-corrected chi connectivity index (χ1v) is 7.57. The second-order valence-corrected chi connectivity index (χ2v) is 5.73. The number of amides is 1. The van der Waals surface area contributed by atoms with Crippen LogP contribution in [0.3, 0.4) is 0 Å². The highest BCUT2D eigenvalue weighted by Gasteiger charge is 2.40. The Morgan fingerprint density at radius 3 is 2.62 bits per heavy atom. The number of benzene rings is 1. The van der Waals surface area contributed by atoms with Gasteiger partial charge in [-0.15, -0.1) is 0 Å². The second kappa shape index (κ2) is 6.03. The van der Waals surface area contributed by atoms with Gasteiger partial charge in [-0.05, 0) is 24.1 Å². The largest absolute Gasteiger partial charge is 0.399 e. The van der Waals surface area contributed by atoms with Gasteiger partial charge in [0.25, 0.3) is 0 Å². The average Bonchev–Trinajstić information content (AvgIpc) is 2.94. The van der Waals surface area contributed by atoms with Crippen molar-refractivity contribution in [2.24, 2.45) is 0 Å². The van der Waals surface area contributed by atoms with Crippen molar-refractivity contribution < 1.29 is 14.3 Å². The van der Waals surface area contributed by atoms with Crippen molar-refractivity contribution in [3.63, 3.8) is 0 Å². The molecule has 114 valence electrons. The number of rotatable bonds is 3. The minimum atomic E-state index is -0.412. The molecular formula is C16H22N2O3. The van der Waals surface area contributed by atoms with Crippen LogP contribution in [-0.2, 0) is 20.7 Å². The van der Waals surface area contributed by atoms with Crippen LogP contribution in [0.15, 0.2) is 24.3 Å². The summed E-state index contributed by atoms with van der Waals surface area (Å²) in [6.45, 7) is 2.78. The molecule has 2 aliphatic heterocycles. The molecule has 3 rings (SSSR count). The summed E-state index contributed by atoms with van der Waals surface area (Å²) in [5.41, 5.74) is 7.61. The molecule has 1 aromatic carbocycles. The molecule has 0 aliphatic carbocycles. The first kappa shape index (κ1) is 14.4. The van der Waals surface area contributed by atoms with Crippen molar-refractivity contribution in [3.05, 3.63) is 29.8 Å². The minimum absolute atomic E-state index is 0.199. The van der Waals surface area contributed by atoms with Crippen molar-refractivity contribution in [1.29, 1.82) is 0 Å². The van der Waals surface area contributed by atoms with Gasteiger partial charge in [-0.3, -0.25) is 4.79 Å². The topological polar surface area (TPSA) is 64.8 Å². The molecular weight excluding hydrogens is 268 g/mol. The number of anilines is 1. The Morgan fingerprint density at radius 2 is 1.95 bits per heavy atom. The number of hydrogen-bond acceptors (Lipinski definition) is 4. The summed E-state index contributed by atoms with van der Waals surface area (Å²) in [5.74, 6) is -0.213. The van der Waals surface area contributed by atoms with Gasteiger partial charge in [-0.25, -0.2) is 0 Å². The monoisotopic (exact) mass is 290 g/mol. The van der Waals surface area contributed by atoms with Crippen LogP contribution in [0.1, 0.15) is 24.8 Å². The van der Waals surface area contributed by atoms with Crippen molar-refractivity contribution in [1.82, 2.24) is 4.90 Å². The van der Waals surface area contributed by atoms with Crippen molar-refractivity contribution in [2.75, 3.05) is 32.0 Å². The molecule has 2 N–H and O–H groups in total. The van der Waals surface area contributed by atoms with Gasteiger partial charge >= 0.3 is 0 Å². The van der Waals surface area contributed by atoms with Crippen LogP contribution in [0.2, 0.25) is 0 Å². The Hall–Kier alpha value is -1.59. The lowest BCUT2D eigenvalue weighted by molar-refractivity contribution is -0.187. The normalized spacial score (nSPS) is 20.9. The van der Waals surface area contributed by atoms with Gasteiger partial charge in [0.2, 0.25) is 5.91 Å². The molecule has 2 heterocycles. The van der Waals surface area contributed by atoms with Gasteiger partial charge in [0, 0.05) is 38.0 Å². The van der Waals surface area contributed by atoms with Gasteiger partial charge < -0.3 is 20.1 Å². The highest BCUT2D eigenvalue weighted by atomic mass is 16.7. The van der Waals surface area contributed by atoms with Gasteiger partial charge in [-0.2, -0.15) is 0 Å². The number of hydrogen-bond donors (Lipinski definition) is 1. The molecule has 21 heavy (non-hydrogen) atoms. The maximum atomic E-state index is 12.3. The summed E-state index contributed by atoms with van der Waals surface area (Å²) in [6.07, 6.45) is 2.81. The number of nitrogens with two attached hydrogens (primary N) is 1. The van der Waals surface area contributed by atoms with E-state index in [9.17, 15) is 4.79 Å². The Bertz CT molecular complexity index is 502. The van der Waals surface area contributed by atoms with E-state index in [0.717, 1.165) is 43.6 Å². The molecule has 0 saturated carbocycles. The molecule has 0 radical (unpaired) electrons. The number of piperidine rings is 1. The molecule has 2 fully saturated rings. The lowest BCUT2D eigenvalue weighted by Crippen LogP contribution is -2.47. The van der Waals surface area contributed by atoms with E-state index in [-0.39, 0.29) is 5.91 Å². The highest BCUT2D eigenvalue weighted by Crippen LogP contribution is 2.31. The molecule has 0 aromatic heterocycles. The molecule has 1 amide bonds. The summed E-state index contributed by atoms with van der Waals surface area (Å²) in [4.78, 5) is 14.2. The predicted octanol–water partition coefficient (Wildman–Crippen LogP) is 1.57. The zero-order valence-corrected chi connectivity index (χ0v) is 12.2. The van der Waals surface area contributed by atoms with Crippen LogP contribution in [-0.4, -0.2) is 42.9 Å². The Labute approximate surface area is 125 Å². The second-order valence-electron chi connectivity index (χ2n) is 5.73. The summed E-state index contributed by atoms with van der Waals surface area (Å²) in [7, 11) is 0. The quantitative estimate of drug-likeness (QED) is 0.858. The van der Waals surface area contributed by atoms with E-state index in [4.69, 9.17) is 15.2 Å². The van der Waals surface area contributed by atoms with E-state index >= 15 is 0 Å². The van der Waals surface area contributed by atoms with E-state index in [1.165, 1.54) is 0 Å². The molecule has 5 heteroatoms. The smallest absolute Gasteiger partial charge is 0.222 e. The number of likely N-dealkylation sites (tertiary alicyclic amines) is 1. The zero-order chi connectivity index (χ0) is 14.7. The summed E-state index contributed by atoms with van der Waals surface area (Å²) >= 11 is 0. The molecule has 0 atom stereocenters. The Morgan fingerprint density at radius 1 is 1.24 bits per heavy atom. The van der Waals surface area contributed by atoms with Crippen LogP contribution in [0.25, 0.3) is 0 Å². The Balaban J connectivity index is 1.48. The number of aryl methyl sites for hydroxylation is 1. The average molecular weight is 290 g/mol. The predicted molar refractivity (Wildman–Crippen MR) is 79.6 cm³/mol. The Kier molecular flexibility index (Phi) is 4.12. The van der Waals surface area contributed by atoms with E-state index in [0.29, 0.717) is 19.6 Å². The first-order valence-electron chi connectivity index (χ1n) is 7.57. The third-order valence-corrected chi connectivity index (χ3v) is 4.27. The lowest BCUT2D eigenvalue weighted by atomic mass is 10.0. The third kappa shape index (κ3) is 3.36. The van der Waals surface area contributed by atoms with E-state index < -0.39 is 5.79 Å². The number of carbonyl (C=O) groups excluding carboxylic acids is 1. The van der Waals surface area contributed by atoms with Gasteiger partial charge in [0.15, 0.2) is 5.79 Å². The van der Waals surface area contributed by atoms with Gasteiger partial charge in [0.05, 0.1) is 13.2 Å². The third-order valence-electron chi connectivity index (χ3n) is 4.27. The van der Waals surface area contributed by atoms with Crippen LogP contribution >= 0.6 is 0 Å². The number of carbonyl (C=O) groups is 1. The van der Waals surface area contributed by atoms with Crippen LogP contribution < -0.4 is 5.73 Å². The van der Waals surface area contributed by atoms with Crippen molar-refractivity contribution in [3.8, 4) is 0 Å². The van der Waals surface area contributed by atoms with Crippen LogP contribution in [0.5, 0.6) is 0 Å². The van der Waals surface area contributed by atoms with Gasteiger partial charge in [0.1, 0.15) is 0 Å². The molecule has 1 aromatic rings. The summed E-state index contributed by atoms with van der Waals surface area (Å²) < 4.78 is 11.4. The van der Waals surface area contributed by atoms with E-state index in [2.05, 4.69) is 0 Å². The maximum absolute atomic E-state index is 12.3. The number of nitrogens with zero attached hydrogens (tertiary/aromatic N) is 1. The van der Waals surface area contributed by atoms with Crippen molar-refractivity contribution in [2.45, 2.75) is 31.5 Å². The fourth-order valence-corrected chi connectivity index (χ4v) is 3.04. The minimum Gasteiger partial charge on any atom is -0.399 e. The maximum Gasteiger partial charge on any atom is 0.222 e. The van der Waals surface area contributed by atoms with E-state index in [1.807, 2.05) is 29.2 Å². The first-order chi connectivity index (χ1) is 10.2. The summed E-state index contributed by atoms with van der Waals surface area (Å²) in [5, 5.41) is 0. The van der Waals surface area contributed by atoms with Gasteiger partial charge in [-0.1, -0.05) is 12.1 Å². The van der Waals surface area contributed by atoms with Crippen molar-refractivity contribution >= 4 is 11.6 Å². The fourth-order valence-electron chi connectivity index (χ4n) is 3.04. The van der Waals surface area contributed by atoms with E-state index in [1.54, 1.807) is 0 Å². The summed E-state index contributed by atoms with van der Waals surface area (Å²) in [6, 6.07) is 7.72. The van der Waals surface area contributed by atoms with Crippen LogP contribution in [0.4, 0.5) is 5.69 Å². The molecule has 1 spiro atoms. The molecule has 2 aliphatic rings. The standard InChI is InChI=1S/C16H22N2O3/c17-14-3-1-2-13(12-14)4-5-15(19)18-8-6-16(7-9-18)20-10-11-21-16/h1-3,12H,4-11,17H2. The molecule has 5 nitrogen and oxygen atoms in total. The number of nitrogen functional groups attached to an aromatic ring is 1.